The number of nitrogen functional groups attached to an aromatic ring is 1. The number of carbonyl (C=O) groups is 1. The first-order valence-electron chi connectivity index (χ1n) is 8.64. The van der Waals surface area contributed by atoms with Crippen molar-refractivity contribution < 1.29 is 4.79 Å². The Bertz CT molecular complexity index is 988. The van der Waals surface area contributed by atoms with Gasteiger partial charge in [0.1, 0.15) is 0 Å². The third-order valence-corrected chi connectivity index (χ3v) is 5.17. The molecule has 0 radical (unpaired) electrons. The zero-order chi connectivity index (χ0) is 19.0. The molecule has 0 saturated carbocycles. The van der Waals surface area contributed by atoms with E-state index < -0.39 is 0 Å². The number of nitrogens with one attached hydrogen (secondary N) is 1. The largest absolute Gasteiger partial charge is 0.399 e. The number of ketones is 1. The molecular weight excluding hydrogens is 344 g/mol. The molecule has 3 nitrogen and oxygen atoms in total. The Hall–Kier alpha value is -2.52. The van der Waals surface area contributed by atoms with Crippen molar-refractivity contribution in [1.82, 2.24) is 4.98 Å². The van der Waals surface area contributed by atoms with E-state index in [4.69, 9.17) is 17.3 Å². The average molecular weight is 367 g/mol. The number of rotatable bonds is 4. The van der Waals surface area contributed by atoms with E-state index in [1.54, 1.807) is 6.07 Å². The lowest BCUT2D eigenvalue weighted by atomic mass is 9.97. The molecule has 0 aliphatic heterocycles. The summed E-state index contributed by atoms with van der Waals surface area (Å²) in [5.41, 5.74) is 12.8. The maximum Gasteiger partial charge on any atom is 0.209 e. The van der Waals surface area contributed by atoms with Crippen LogP contribution in [0.2, 0.25) is 5.02 Å². The van der Waals surface area contributed by atoms with Crippen LogP contribution in [0.4, 0.5) is 5.69 Å². The van der Waals surface area contributed by atoms with E-state index >= 15 is 0 Å². The molecule has 1 atom stereocenters. The van der Waals surface area contributed by atoms with Crippen LogP contribution >= 0.6 is 11.6 Å². The molecular formula is C22H23ClN2O. The van der Waals surface area contributed by atoms with Gasteiger partial charge in [0.2, 0.25) is 5.78 Å². The Morgan fingerprint density at radius 3 is 2.42 bits per heavy atom. The van der Waals surface area contributed by atoms with Gasteiger partial charge in [-0.25, -0.2) is 0 Å². The molecule has 3 rings (SSSR count). The summed E-state index contributed by atoms with van der Waals surface area (Å²) in [7, 11) is 0. The molecule has 0 aliphatic rings. The van der Waals surface area contributed by atoms with Gasteiger partial charge >= 0.3 is 0 Å². The van der Waals surface area contributed by atoms with Crippen molar-refractivity contribution in [2.45, 2.75) is 33.6 Å². The monoisotopic (exact) mass is 366 g/mol. The predicted molar refractivity (Wildman–Crippen MR) is 108 cm³/mol. The van der Waals surface area contributed by atoms with Gasteiger partial charge in [-0.05, 0) is 55.7 Å². The molecule has 0 spiro atoms. The van der Waals surface area contributed by atoms with Crippen molar-refractivity contribution in [2.75, 3.05) is 5.73 Å². The summed E-state index contributed by atoms with van der Waals surface area (Å²) in [6.07, 6.45) is 0. The Kier molecular flexibility index (Phi) is 4.92. The molecule has 1 aromatic heterocycles. The summed E-state index contributed by atoms with van der Waals surface area (Å²) in [6, 6.07) is 13.4. The molecule has 0 amide bonds. The second-order valence-electron chi connectivity index (χ2n) is 6.93. The molecule has 0 saturated heterocycles. The summed E-state index contributed by atoms with van der Waals surface area (Å²) in [6.45, 7) is 8.01. The topological polar surface area (TPSA) is 58.9 Å². The van der Waals surface area contributed by atoms with Gasteiger partial charge in [0.15, 0.2) is 0 Å². The highest BCUT2D eigenvalue weighted by Crippen LogP contribution is 2.32. The van der Waals surface area contributed by atoms with Crippen LogP contribution in [0.3, 0.4) is 0 Å². The van der Waals surface area contributed by atoms with Gasteiger partial charge in [0.05, 0.1) is 5.69 Å². The molecule has 1 heterocycles. The number of halogens is 1. The number of carbonyl (C=O) groups excluding carboxylic acids is 1. The normalized spacial score (nSPS) is 12.2. The summed E-state index contributed by atoms with van der Waals surface area (Å²) in [4.78, 5) is 16.3. The number of nitrogens with two attached hydrogens (primary N) is 1. The second kappa shape index (κ2) is 7.00. The number of aryl methyl sites for hydroxylation is 3. The maximum atomic E-state index is 13.0. The third kappa shape index (κ3) is 3.40. The number of H-pyrrole nitrogens is 1. The van der Waals surface area contributed by atoms with Crippen LogP contribution < -0.4 is 5.73 Å². The van der Waals surface area contributed by atoms with E-state index in [9.17, 15) is 4.79 Å². The van der Waals surface area contributed by atoms with Crippen LogP contribution in [0, 0.1) is 20.8 Å². The fourth-order valence-electron chi connectivity index (χ4n) is 3.32. The van der Waals surface area contributed by atoms with Gasteiger partial charge < -0.3 is 10.7 Å². The summed E-state index contributed by atoms with van der Waals surface area (Å²) >= 11 is 6.35. The highest BCUT2D eigenvalue weighted by atomic mass is 35.5. The number of aromatic amines is 1. The van der Waals surface area contributed by atoms with Gasteiger partial charge in [-0.1, -0.05) is 48.4 Å². The van der Waals surface area contributed by atoms with Crippen molar-refractivity contribution in [3.8, 4) is 0 Å². The maximum absolute atomic E-state index is 13.0. The van der Waals surface area contributed by atoms with E-state index in [-0.39, 0.29) is 11.7 Å². The average Bonchev–Trinajstić information content (AvgIpc) is 2.95. The highest BCUT2D eigenvalue weighted by molar-refractivity contribution is 6.31. The molecule has 0 aliphatic carbocycles. The number of aromatic nitrogens is 1. The quantitative estimate of drug-likeness (QED) is 0.469. The van der Waals surface area contributed by atoms with E-state index in [0.29, 0.717) is 16.4 Å². The highest BCUT2D eigenvalue weighted by Gasteiger charge is 2.20. The Labute approximate surface area is 159 Å². The van der Waals surface area contributed by atoms with Crippen molar-refractivity contribution in [3.63, 3.8) is 0 Å². The van der Waals surface area contributed by atoms with Crippen LogP contribution in [-0.2, 0) is 0 Å². The number of hydrogen-bond donors (Lipinski definition) is 2. The second-order valence-corrected chi connectivity index (χ2v) is 7.34. The minimum atomic E-state index is 0.0156. The number of hydrogen-bond acceptors (Lipinski definition) is 2. The fraction of sp³-hybridized carbons (Fsp3) is 0.227. The lowest BCUT2D eigenvalue weighted by molar-refractivity contribution is 0.103. The van der Waals surface area contributed by atoms with Gasteiger partial charge in [-0.15, -0.1) is 0 Å². The fourth-order valence-corrected chi connectivity index (χ4v) is 3.67. The first-order valence-corrected chi connectivity index (χ1v) is 9.02. The number of benzene rings is 2. The van der Waals surface area contributed by atoms with Crippen LogP contribution in [-0.4, -0.2) is 10.8 Å². The molecule has 3 N–H and O–H groups in total. The lowest BCUT2D eigenvalue weighted by Gasteiger charge is -2.13. The summed E-state index contributed by atoms with van der Waals surface area (Å²) in [5.74, 6) is 0.0457. The zero-order valence-electron chi connectivity index (χ0n) is 15.5. The van der Waals surface area contributed by atoms with Gasteiger partial charge in [-0.2, -0.15) is 0 Å². The van der Waals surface area contributed by atoms with Crippen LogP contribution in [0.25, 0.3) is 0 Å². The smallest absolute Gasteiger partial charge is 0.209 e. The molecule has 1 unspecified atom stereocenters. The van der Waals surface area contributed by atoms with Crippen LogP contribution in [0.5, 0.6) is 0 Å². The molecule has 0 bridgehead atoms. The number of anilines is 1. The Morgan fingerprint density at radius 2 is 1.77 bits per heavy atom. The molecule has 3 aromatic rings. The standard InChI is InChI=1S/C22H23ClN2O/c1-12-5-7-17(13(2)9-12)22(26)21-14(3)10-20(25-21)15(4)18-8-6-16(24)11-19(18)23/h5-11,15,25H,24H2,1-4H3. The van der Waals surface area contributed by atoms with E-state index in [1.165, 1.54) is 0 Å². The molecule has 2 aromatic carbocycles. The molecule has 134 valence electrons. The third-order valence-electron chi connectivity index (χ3n) is 4.85. The zero-order valence-corrected chi connectivity index (χ0v) is 16.2. The van der Waals surface area contributed by atoms with Crippen molar-refractivity contribution in [1.29, 1.82) is 0 Å². The first kappa shape index (κ1) is 18.3. The van der Waals surface area contributed by atoms with Crippen LogP contribution in [0.1, 0.15) is 56.8 Å². The summed E-state index contributed by atoms with van der Waals surface area (Å²) < 4.78 is 0. The Balaban J connectivity index is 1.97. The van der Waals surface area contributed by atoms with Gasteiger partial charge in [-0.3, -0.25) is 4.79 Å². The predicted octanol–water partition coefficient (Wildman–Crippen LogP) is 5.56. The van der Waals surface area contributed by atoms with E-state index in [1.807, 2.05) is 57.2 Å². The van der Waals surface area contributed by atoms with Crippen molar-refractivity contribution in [3.05, 3.63) is 86.7 Å². The van der Waals surface area contributed by atoms with Gasteiger partial charge in [0.25, 0.3) is 0 Å². The summed E-state index contributed by atoms with van der Waals surface area (Å²) in [5, 5.41) is 0.631. The van der Waals surface area contributed by atoms with Crippen molar-refractivity contribution in [2.24, 2.45) is 0 Å². The minimum Gasteiger partial charge on any atom is -0.399 e. The Morgan fingerprint density at radius 1 is 1.04 bits per heavy atom. The molecule has 26 heavy (non-hydrogen) atoms. The minimum absolute atomic E-state index is 0.0156. The van der Waals surface area contributed by atoms with E-state index in [0.717, 1.165) is 33.5 Å². The van der Waals surface area contributed by atoms with Gasteiger partial charge in [0, 0.05) is 27.9 Å². The van der Waals surface area contributed by atoms with Crippen molar-refractivity contribution >= 4 is 23.1 Å². The molecule has 4 heteroatoms. The lowest BCUT2D eigenvalue weighted by Crippen LogP contribution is -2.07. The molecule has 0 fully saturated rings. The SMILES string of the molecule is Cc1ccc(C(=O)c2[nH]c(C(C)c3ccc(N)cc3Cl)cc2C)c(C)c1. The van der Waals surface area contributed by atoms with Crippen LogP contribution in [0.15, 0.2) is 42.5 Å². The van der Waals surface area contributed by atoms with E-state index in [2.05, 4.69) is 11.9 Å². The first-order chi connectivity index (χ1) is 12.3.